The molecule has 0 fully saturated rings. The molecule has 92 valence electrons. The van der Waals surface area contributed by atoms with Crippen molar-refractivity contribution < 1.29 is 14.3 Å². The number of phenolic OH excluding ortho intramolecular Hbond substituents is 1. The van der Waals surface area contributed by atoms with Crippen molar-refractivity contribution >= 4 is 11.6 Å². The zero-order valence-corrected chi connectivity index (χ0v) is 9.56. The van der Waals surface area contributed by atoms with Gasteiger partial charge in [0, 0.05) is 11.8 Å². The fourth-order valence-electron chi connectivity index (χ4n) is 1.58. The summed E-state index contributed by atoms with van der Waals surface area (Å²) in [5, 5.41) is 11.9. The van der Waals surface area contributed by atoms with Gasteiger partial charge in [-0.15, -0.1) is 0 Å². The molecule has 0 radical (unpaired) electrons. The molecule has 0 spiro atoms. The molecule has 0 aliphatic carbocycles. The Morgan fingerprint density at radius 3 is 2.56 bits per heavy atom. The molecule has 18 heavy (non-hydrogen) atoms. The van der Waals surface area contributed by atoms with Gasteiger partial charge in [-0.3, -0.25) is 4.79 Å². The van der Waals surface area contributed by atoms with Crippen LogP contribution in [0.3, 0.4) is 0 Å². The largest absolute Gasteiger partial charge is 0.508 e. The Balaban J connectivity index is 1.98. The number of carbonyl (C=O) groups is 1. The standard InChI is InChI=1S/C14H12FNO2/c15-11-6-4-10(5-7-11)8-14(18)16-12-2-1-3-13(17)9-12/h1-7,9,17H,8H2,(H,16,18). The summed E-state index contributed by atoms with van der Waals surface area (Å²) in [7, 11) is 0. The molecule has 0 unspecified atom stereocenters. The van der Waals surface area contributed by atoms with Gasteiger partial charge in [0.25, 0.3) is 0 Å². The minimum absolute atomic E-state index is 0.0922. The molecule has 2 N–H and O–H groups in total. The van der Waals surface area contributed by atoms with Crippen LogP contribution in [0, 0.1) is 5.82 Å². The number of anilines is 1. The number of hydrogen-bond donors (Lipinski definition) is 2. The maximum Gasteiger partial charge on any atom is 0.228 e. The van der Waals surface area contributed by atoms with Crippen molar-refractivity contribution in [3.05, 3.63) is 59.9 Å². The number of aromatic hydroxyl groups is 1. The Hall–Kier alpha value is -2.36. The van der Waals surface area contributed by atoms with Gasteiger partial charge in [-0.25, -0.2) is 4.39 Å². The van der Waals surface area contributed by atoms with Gasteiger partial charge in [-0.2, -0.15) is 0 Å². The van der Waals surface area contributed by atoms with Crippen LogP contribution >= 0.6 is 0 Å². The van der Waals surface area contributed by atoms with Crippen molar-refractivity contribution in [1.82, 2.24) is 0 Å². The highest BCUT2D eigenvalue weighted by Crippen LogP contribution is 2.15. The summed E-state index contributed by atoms with van der Waals surface area (Å²) in [6.07, 6.45) is 0.163. The number of nitrogens with one attached hydrogen (secondary N) is 1. The van der Waals surface area contributed by atoms with Crippen molar-refractivity contribution in [3.63, 3.8) is 0 Å². The summed E-state index contributed by atoms with van der Waals surface area (Å²) >= 11 is 0. The lowest BCUT2D eigenvalue weighted by Crippen LogP contribution is -2.14. The molecule has 0 heterocycles. The van der Waals surface area contributed by atoms with Crippen LogP contribution in [0.2, 0.25) is 0 Å². The molecule has 2 aromatic rings. The highest BCUT2D eigenvalue weighted by atomic mass is 19.1. The van der Waals surface area contributed by atoms with E-state index in [1.807, 2.05) is 0 Å². The zero-order valence-electron chi connectivity index (χ0n) is 9.56. The van der Waals surface area contributed by atoms with E-state index in [2.05, 4.69) is 5.32 Å². The van der Waals surface area contributed by atoms with Gasteiger partial charge in [0.05, 0.1) is 6.42 Å². The first-order valence-electron chi connectivity index (χ1n) is 5.47. The number of hydrogen-bond acceptors (Lipinski definition) is 2. The monoisotopic (exact) mass is 245 g/mol. The lowest BCUT2D eigenvalue weighted by Gasteiger charge is -2.05. The summed E-state index contributed by atoms with van der Waals surface area (Å²) in [5.74, 6) is -0.450. The molecule has 2 aromatic carbocycles. The summed E-state index contributed by atoms with van der Waals surface area (Å²) in [4.78, 5) is 11.7. The van der Waals surface area contributed by atoms with E-state index >= 15 is 0 Å². The normalized spacial score (nSPS) is 10.1. The van der Waals surface area contributed by atoms with Crippen LogP contribution in [-0.2, 0) is 11.2 Å². The average molecular weight is 245 g/mol. The minimum Gasteiger partial charge on any atom is -0.508 e. The summed E-state index contributed by atoms with van der Waals surface area (Å²) < 4.78 is 12.7. The van der Waals surface area contributed by atoms with Crippen molar-refractivity contribution in [2.24, 2.45) is 0 Å². The topological polar surface area (TPSA) is 49.3 Å². The Kier molecular flexibility index (Phi) is 3.57. The molecular weight excluding hydrogens is 233 g/mol. The highest BCUT2D eigenvalue weighted by Gasteiger charge is 2.04. The van der Waals surface area contributed by atoms with Crippen molar-refractivity contribution in [2.45, 2.75) is 6.42 Å². The second-order valence-corrected chi connectivity index (χ2v) is 3.90. The Morgan fingerprint density at radius 1 is 1.17 bits per heavy atom. The average Bonchev–Trinajstić information content (AvgIpc) is 2.32. The van der Waals surface area contributed by atoms with Gasteiger partial charge in [-0.05, 0) is 29.8 Å². The van der Waals surface area contributed by atoms with Crippen LogP contribution in [-0.4, -0.2) is 11.0 Å². The molecule has 1 amide bonds. The predicted octanol–water partition coefficient (Wildman–Crippen LogP) is 2.71. The van der Waals surface area contributed by atoms with Gasteiger partial charge in [0.2, 0.25) is 5.91 Å². The van der Waals surface area contributed by atoms with E-state index in [1.165, 1.54) is 24.3 Å². The fraction of sp³-hybridized carbons (Fsp3) is 0.0714. The molecule has 3 nitrogen and oxygen atoms in total. The van der Waals surface area contributed by atoms with Crippen LogP contribution in [0.25, 0.3) is 0 Å². The van der Waals surface area contributed by atoms with E-state index in [9.17, 15) is 14.3 Å². The quantitative estimate of drug-likeness (QED) is 0.873. The summed E-state index contributed by atoms with van der Waals surface area (Å²) in [5.41, 5.74) is 1.26. The van der Waals surface area contributed by atoms with Gasteiger partial charge in [-0.1, -0.05) is 18.2 Å². The summed E-state index contributed by atoms with van der Waals surface area (Å²) in [6, 6.07) is 12.1. The lowest BCUT2D eigenvalue weighted by molar-refractivity contribution is -0.115. The molecule has 0 atom stereocenters. The van der Waals surface area contributed by atoms with E-state index in [1.54, 1.807) is 24.3 Å². The van der Waals surface area contributed by atoms with E-state index in [0.717, 1.165) is 5.56 Å². The first-order chi connectivity index (χ1) is 8.63. The molecule has 0 aromatic heterocycles. The van der Waals surface area contributed by atoms with Gasteiger partial charge in [0.15, 0.2) is 0 Å². The Bertz CT molecular complexity index is 552. The lowest BCUT2D eigenvalue weighted by atomic mass is 10.1. The third kappa shape index (κ3) is 3.31. The van der Waals surface area contributed by atoms with E-state index in [4.69, 9.17) is 0 Å². The van der Waals surface area contributed by atoms with Crippen LogP contribution in [0.15, 0.2) is 48.5 Å². The molecule has 4 heteroatoms. The minimum atomic E-state index is -0.327. The third-order valence-electron chi connectivity index (χ3n) is 2.41. The summed E-state index contributed by atoms with van der Waals surface area (Å²) in [6.45, 7) is 0. The fourth-order valence-corrected chi connectivity index (χ4v) is 1.58. The van der Waals surface area contributed by atoms with Gasteiger partial charge >= 0.3 is 0 Å². The number of carbonyl (C=O) groups excluding carboxylic acids is 1. The number of amides is 1. The smallest absolute Gasteiger partial charge is 0.228 e. The second kappa shape index (κ2) is 5.31. The van der Waals surface area contributed by atoms with Gasteiger partial charge < -0.3 is 10.4 Å². The molecule has 2 rings (SSSR count). The highest BCUT2D eigenvalue weighted by molar-refractivity contribution is 5.92. The van der Waals surface area contributed by atoms with Gasteiger partial charge in [0.1, 0.15) is 11.6 Å². The number of halogens is 1. The van der Waals surface area contributed by atoms with E-state index < -0.39 is 0 Å². The van der Waals surface area contributed by atoms with E-state index in [-0.39, 0.29) is 23.9 Å². The predicted molar refractivity (Wildman–Crippen MR) is 66.8 cm³/mol. The number of benzene rings is 2. The van der Waals surface area contributed by atoms with E-state index in [0.29, 0.717) is 5.69 Å². The van der Waals surface area contributed by atoms with Crippen LogP contribution < -0.4 is 5.32 Å². The molecule has 0 saturated heterocycles. The third-order valence-corrected chi connectivity index (χ3v) is 2.41. The van der Waals surface area contributed by atoms with Crippen molar-refractivity contribution in [3.8, 4) is 5.75 Å². The van der Waals surface area contributed by atoms with Crippen LogP contribution in [0.4, 0.5) is 10.1 Å². The van der Waals surface area contributed by atoms with Crippen LogP contribution in [0.1, 0.15) is 5.56 Å². The van der Waals surface area contributed by atoms with Crippen molar-refractivity contribution in [2.75, 3.05) is 5.32 Å². The molecule has 0 bridgehead atoms. The molecule has 0 aliphatic rings. The first kappa shape index (κ1) is 12.1. The molecular formula is C14H12FNO2. The SMILES string of the molecule is O=C(Cc1ccc(F)cc1)Nc1cccc(O)c1. The maximum absolute atomic E-state index is 12.7. The zero-order chi connectivity index (χ0) is 13.0. The second-order valence-electron chi connectivity index (χ2n) is 3.90. The first-order valence-corrected chi connectivity index (χ1v) is 5.47. The maximum atomic E-state index is 12.7. The van der Waals surface area contributed by atoms with Crippen LogP contribution in [0.5, 0.6) is 5.75 Å². The Morgan fingerprint density at radius 2 is 1.89 bits per heavy atom. The Labute approximate surface area is 104 Å². The molecule has 0 aliphatic heterocycles. The van der Waals surface area contributed by atoms with Crippen molar-refractivity contribution in [1.29, 1.82) is 0 Å². The molecule has 0 saturated carbocycles. The number of rotatable bonds is 3. The number of phenols is 1.